The first-order valence-corrected chi connectivity index (χ1v) is 9.29. The number of hydrogen-bond donors (Lipinski definition) is 2. The van der Waals surface area contributed by atoms with Crippen LogP contribution >= 0.6 is 11.8 Å². The SMILES string of the molecule is O=C(N[C@@H]1CSCC1=NNc1cc([N+](=O)[O-])cc([N+](=O)[O-])c1)c1ccccc1. The maximum absolute atomic E-state index is 12.3. The zero-order chi connectivity index (χ0) is 20.1. The number of benzene rings is 2. The van der Waals surface area contributed by atoms with E-state index >= 15 is 0 Å². The van der Waals surface area contributed by atoms with Crippen LogP contribution in [-0.4, -0.2) is 39.0 Å². The molecule has 0 saturated carbocycles. The molecule has 1 fully saturated rings. The molecule has 1 atom stereocenters. The lowest BCUT2D eigenvalue weighted by Crippen LogP contribution is -2.40. The molecule has 2 N–H and O–H groups in total. The topological polar surface area (TPSA) is 140 Å². The van der Waals surface area contributed by atoms with Gasteiger partial charge in [0.15, 0.2) is 0 Å². The second-order valence-electron chi connectivity index (χ2n) is 5.87. The molecule has 1 aliphatic rings. The van der Waals surface area contributed by atoms with Crippen LogP contribution in [0.2, 0.25) is 0 Å². The third-order valence-electron chi connectivity index (χ3n) is 3.93. The molecular formula is C17H15N5O5S. The lowest BCUT2D eigenvalue weighted by Gasteiger charge is -2.13. The summed E-state index contributed by atoms with van der Waals surface area (Å²) in [6.45, 7) is 0. The number of thioether (sulfide) groups is 1. The van der Waals surface area contributed by atoms with Crippen molar-refractivity contribution < 1.29 is 14.6 Å². The first kappa shape index (κ1) is 19.3. The summed E-state index contributed by atoms with van der Waals surface area (Å²) in [5, 5.41) is 29.0. The van der Waals surface area contributed by atoms with Gasteiger partial charge in [-0.25, -0.2) is 0 Å². The molecule has 0 bridgehead atoms. The van der Waals surface area contributed by atoms with E-state index in [2.05, 4.69) is 15.8 Å². The summed E-state index contributed by atoms with van der Waals surface area (Å²) in [6.07, 6.45) is 0. The molecule has 1 heterocycles. The molecule has 0 aromatic heterocycles. The highest BCUT2D eigenvalue weighted by Gasteiger charge is 2.25. The van der Waals surface area contributed by atoms with Crippen LogP contribution in [0.4, 0.5) is 17.1 Å². The van der Waals surface area contributed by atoms with Crippen molar-refractivity contribution in [3.63, 3.8) is 0 Å². The van der Waals surface area contributed by atoms with Gasteiger partial charge in [0.1, 0.15) is 0 Å². The highest BCUT2D eigenvalue weighted by atomic mass is 32.2. The molecule has 1 amide bonds. The third-order valence-corrected chi connectivity index (χ3v) is 5.00. The van der Waals surface area contributed by atoms with E-state index < -0.39 is 21.2 Å². The predicted octanol–water partition coefficient (Wildman–Crippen LogP) is 2.82. The fourth-order valence-corrected chi connectivity index (χ4v) is 3.66. The Kier molecular flexibility index (Phi) is 5.84. The molecule has 10 nitrogen and oxygen atoms in total. The number of nitrogens with one attached hydrogen (secondary N) is 2. The number of hydrogen-bond acceptors (Lipinski definition) is 8. The molecule has 0 aliphatic carbocycles. The van der Waals surface area contributed by atoms with Crippen molar-refractivity contribution in [2.75, 3.05) is 16.9 Å². The normalized spacial score (nSPS) is 17.3. The maximum atomic E-state index is 12.3. The van der Waals surface area contributed by atoms with Gasteiger partial charge in [-0.3, -0.25) is 30.4 Å². The van der Waals surface area contributed by atoms with Crippen LogP contribution in [0.15, 0.2) is 53.6 Å². The van der Waals surface area contributed by atoms with Gasteiger partial charge in [0, 0.05) is 29.2 Å². The highest BCUT2D eigenvalue weighted by molar-refractivity contribution is 8.00. The Hall–Kier alpha value is -3.47. The van der Waals surface area contributed by atoms with Gasteiger partial charge in [0.2, 0.25) is 0 Å². The zero-order valence-corrected chi connectivity index (χ0v) is 15.2. The number of non-ortho nitro benzene ring substituents is 2. The van der Waals surface area contributed by atoms with E-state index in [0.29, 0.717) is 22.8 Å². The predicted molar refractivity (Wildman–Crippen MR) is 106 cm³/mol. The van der Waals surface area contributed by atoms with Crippen LogP contribution in [0.5, 0.6) is 0 Å². The fourth-order valence-electron chi connectivity index (χ4n) is 2.55. The monoisotopic (exact) mass is 401 g/mol. The summed E-state index contributed by atoms with van der Waals surface area (Å²) in [6, 6.07) is 11.7. The van der Waals surface area contributed by atoms with E-state index in [1.807, 2.05) is 6.07 Å². The molecule has 28 heavy (non-hydrogen) atoms. The van der Waals surface area contributed by atoms with E-state index in [-0.39, 0.29) is 17.6 Å². The first-order chi connectivity index (χ1) is 13.4. The molecule has 0 spiro atoms. The van der Waals surface area contributed by atoms with Crippen LogP contribution in [-0.2, 0) is 0 Å². The maximum Gasteiger partial charge on any atom is 0.278 e. The van der Waals surface area contributed by atoms with Crippen LogP contribution < -0.4 is 10.7 Å². The second-order valence-corrected chi connectivity index (χ2v) is 6.90. The molecule has 11 heteroatoms. The van der Waals surface area contributed by atoms with Crippen molar-refractivity contribution in [3.05, 3.63) is 74.3 Å². The largest absolute Gasteiger partial charge is 0.343 e. The number of nitrogens with zero attached hydrogens (tertiary/aromatic N) is 3. The minimum Gasteiger partial charge on any atom is -0.343 e. The van der Waals surface area contributed by atoms with Crippen LogP contribution in [0, 0.1) is 20.2 Å². The van der Waals surface area contributed by atoms with Crippen LogP contribution in [0.3, 0.4) is 0 Å². The smallest absolute Gasteiger partial charge is 0.278 e. The minimum absolute atomic E-state index is 0.124. The Morgan fingerprint density at radius 3 is 2.32 bits per heavy atom. The highest BCUT2D eigenvalue weighted by Crippen LogP contribution is 2.26. The van der Waals surface area contributed by atoms with Crippen molar-refractivity contribution >= 4 is 40.4 Å². The Labute approximate surface area is 163 Å². The van der Waals surface area contributed by atoms with Gasteiger partial charge in [-0.15, -0.1) is 0 Å². The van der Waals surface area contributed by atoms with E-state index in [1.54, 1.807) is 36.0 Å². The van der Waals surface area contributed by atoms with E-state index in [0.717, 1.165) is 18.2 Å². The Balaban J connectivity index is 1.75. The Morgan fingerprint density at radius 1 is 1.07 bits per heavy atom. The summed E-state index contributed by atoms with van der Waals surface area (Å²) in [4.78, 5) is 32.8. The summed E-state index contributed by atoms with van der Waals surface area (Å²) < 4.78 is 0. The first-order valence-electron chi connectivity index (χ1n) is 8.14. The molecule has 1 aliphatic heterocycles. The summed E-state index contributed by atoms with van der Waals surface area (Å²) in [5.41, 5.74) is 3.11. The van der Waals surface area contributed by atoms with E-state index in [9.17, 15) is 25.0 Å². The second kappa shape index (κ2) is 8.48. The Morgan fingerprint density at radius 2 is 1.71 bits per heavy atom. The van der Waals surface area contributed by atoms with Gasteiger partial charge < -0.3 is 5.32 Å². The number of nitro groups is 2. The number of carbonyl (C=O) groups is 1. The number of amides is 1. The molecular weight excluding hydrogens is 386 g/mol. The molecule has 0 radical (unpaired) electrons. The van der Waals surface area contributed by atoms with Crippen molar-refractivity contribution in [2.45, 2.75) is 6.04 Å². The van der Waals surface area contributed by atoms with Crippen molar-refractivity contribution in [1.29, 1.82) is 0 Å². The standard InChI is InChI=1S/C17H15N5O5S/c23-17(11-4-2-1-3-5-11)18-15-9-28-10-16(15)20-19-12-6-13(21(24)25)8-14(7-12)22(26)27/h1-8,15,19H,9-10H2,(H,18,23)/t15-/m1/s1. The van der Waals surface area contributed by atoms with Gasteiger partial charge in [-0.1, -0.05) is 18.2 Å². The van der Waals surface area contributed by atoms with Gasteiger partial charge in [0.05, 0.1) is 33.4 Å². The summed E-state index contributed by atoms with van der Waals surface area (Å²) >= 11 is 1.58. The molecule has 2 aromatic rings. The van der Waals surface area contributed by atoms with E-state index in [4.69, 9.17) is 0 Å². The lowest BCUT2D eigenvalue weighted by atomic mass is 10.1. The number of carbonyl (C=O) groups excluding carboxylic acids is 1. The average molecular weight is 401 g/mol. The van der Waals surface area contributed by atoms with Crippen LogP contribution in [0.25, 0.3) is 0 Å². The molecule has 0 unspecified atom stereocenters. The zero-order valence-electron chi connectivity index (χ0n) is 14.4. The van der Waals surface area contributed by atoms with Crippen molar-refractivity contribution in [3.8, 4) is 0 Å². The van der Waals surface area contributed by atoms with Crippen molar-refractivity contribution in [2.24, 2.45) is 5.10 Å². The van der Waals surface area contributed by atoms with Gasteiger partial charge >= 0.3 is 0 Å². The average Bonchev–Trinajstić information content (AvgIpc) is 3.13. The van der Waals surface area contributed by atoms with Gasteiger partial charge in [-0.2, -0.15) is 16.9 Å². The quantitative estimate of drug-likeness (QED) is 0.560. The molecule has 2 aromatic carbocycles. The summed E-state index contributed by atoms with van der Waals surface area (Å²) in [7, 11) is 0. The van der Waals surface area contributed by atoms with E-state index in [1.165, 1.54) is 0 Å². The minimum atomic E-state index is -0.709. The molecule has 144 valence electrons. The number of nitro benzene ring substituents is 2. The third kappa shape index (κ3) is 4.62. The molecule has 1 saturated heterocycles. The lowest BCUT2D eigenvalue weighted by molar-refractivity contribution is -0.394. The Bertz CT molecular complexity index is 918. The van der Waals surface area contributed by atoms with Gasteiger partial charge in [0.25, 0.3) is 17.3 Å². The number of anilines is 1. The fraction of sp³-hybridized carbons (Fsp3) is 0.176. The van der Waals surface area contributed by atoms with Gasteiger partial charge in [-0.05, 0) is 12.1 Å². The number of hydrazone groups is 1. The summed E-state index contributed by atoms with van der Waals surface area (Å²) in [5.74, 6) is 0.963. The van der Waals surface area contributed by atoms with Crippen molar-refractivity contribution in [1.82, 2.24) is 5.32 Å². The van der Waals surface area contributed by atoms with Crippen LogP contribution in [0.1, 0.15) is 10.4 Å². The molecule has 3 rings (SSSR count). The number of rotatable bonds is 6.